The summed E-state index contributed by atoms with van der Waals surface area (Å²) in [7, 11) is 0. The third-order valence-corrected chi connectivity index (χ3v) is 4.05. The van der Waals surface area contributed by atoms with Gasteiger partial charge in [-0.05, 0) is 35.2 Å². The molecule has 0 aliphatic heterocycles. The molecule has 0 bridgehead atoms. The lowest BCUT2D eigenvalue weighted by Gasteiger charge is -2.17. The van der Waals surface area contributed by atoms with E-state index < -0.39 is 17.7 Å². The van der Waals surface area contributed by atoms with E-state index in [1.807, 2.05) is 12.1 Å². The Hall–Kier alpha value is -1.82. The molecule has 0 saturated heterocycles. The topological polar surface area (TPSA) is 59.9 Å². The van der Waals surface area contributed by atoms with E-state index in [9.17, 15) is 13.9 Å². The molecule has 5 N–H and O–H groups in total. The quantitative estimate of drug-likeness (QED) is 0.689. The predicted octanol–water partition coefficient (Wildman–Crippen LogP) is 1.83. The van der Waals surface area contributed by atoms with E-state index in [-0.39, 0.29) is 6.04 Å². The summed E-state index contributed by atoms with van der Waals surface area (Å²) in [6.45, 7) is 3.15. The number of halogens is 2. The monoisotopic (exact) mass is 335 g/mol. The Balaban J connectivity index is 1.81. The number of aliphatic hydroxyl groups excluding tert-OH is 1. The van der Waals surface area contributed by atoms with Crippen molar-refractivity contribution >= 4 is 0 Å². The molecule has 2 atom stereocenters. The van der Waals surface area contributed by atoms with Crippen LogP contribution in [-0.2, 0) is 19.4 Å². The Morgan fingerprint density at radius 2 is 1.71 bits per heavy atom. The molecule has 0 saturated carbocycles. The molecule has 0 unspecified atom stereocenters. The number of hydrogen-bond donors (Lipinski definition) is 3. The maximum atomic E-state index is 13.2. The standard InChI is InChI=1S/C19H24F2N2O/c1-2-13-4-3-5-14(6-13)11-23-12-19(24)18(22)9-15-7-16(20)10-17(21)8-15/h3-8,10,18-19,23-24H,2,9,11-12,22H2,1H3/p+1/t18-,19+/m0/s1. The van der Waals surface area contributed by atoms with E-state index >= 15 is 0 Å². The molecule has 5 heteroatoms. The van der Waals surface area contributed by atoms with Gasteiger partial charge in [0.1, 0.15) is 23.8 Å². The van der Waals surface area contributed by atoms with Gasteiger partial charge in [0.05, 0.1) is 0 Å². The molecule has 0 amide bonds. The summed E-state index contributed by atoms with van der Waals surface area (Å²) < 4.78 is 26.4. The Bertz CT molecular complexity index is 643. The van der Waals surface area contributed by atoms with E-state index in [2.05, 4.69) is 30.1 Å². The van der Waals surface area contributed by atoms with E-state index in [1.165, 1.54) is 17.7 Å². The Morgan fingerprint density at radius 3 is 2.38 bits per heavy atom. The van der Waals surface area contributed by atoms with Crippen molar-refractivity contribution in [1.29, 1.82) is 0 Å². The molecule has 2 aromatic carbocycles. The number of rotatable bonds is 8. The first-order valence-electron chi connectivity index (χ1n) is 8.22. The van der Waals surface area contributed by atoms with Crippen molar-refractivity contribution in [2.24, 2.45) is 0 Å². The molecule has 2 aromatic rings. The first kappa shape index (κ1) is 18.5. The maximum absolute atomic E-state index is 13.2. The summed E-state index contributed by atoms with van der Waals surface area (Å²) in [6, 6.07) is 11.3. The Morgan fingerprint density at radius 1 is 1.04 bits per heavy atom. The van der Waals surface area contributed by atoms with Gasteiger partial charge < -0.3 is 16.2 Å². The number of quaternary nitrogens is 1. The summed E-state index contributed by atoms with van der Waals surface area (Å²) in [5.74, 6) is -1.22. The smallest absolute Gasteiger partial charge is 0.126 e. The van der Waals surface area contributed by atoms with E-state index in [1.54, 1.807) is 0 Å². The van der Waals surface area contributed by atoms with Crippen molar-refractivity contribution in [2.75, 3.05) is 6.54 Å². The second-order valence-electron chi connectivity index (χ2n) is 6.11. The lowest BCUT2D eigenvalue weighted by Crippen LogP contribution is -2.68. The average molecular weight is 335 g/mol. The van der Waals surface area contributed by atoms with Crippen LogP contribution in [0.2, 0.25) is 0 Å². The zero-order chi connectivity index (χ0) is 17.5. The normalized spacial score (nSPS) is 13.7. The third kappa shape index (κ3) is 5.67. The Labute approximate surface area is 141 Å². The number of benzene rings is 2. The third-order valence-electron chi connectivity index (χ3n) is 4.05. The van der Waals surface area contributed by atoms with Crippen molar-refractivity contribution in [3.8, 4) is 0 Å². The van der Waals surface area contributed by atoms with Crippen LogP contribution in [0.4, 0.5) is 8.78 Å². The SMILES string of the molecule is CCc1cccc(CNC[C@@H](O)[C@@H]([NH3+])Cc2cc(F)cc(F)c2)c1. The summed E-state index contributed by atoms with van der Waals surface area (Å²) in [4.78, 5) is 0. The zero-order valence-corrected chi connectivity index (χ0v) is 13.9. The molecular formula is C19H25F2N2O+. The van der Waals surface area contributed by atoms with Crippen molar-refractivity contribution in [1.82, 2.24) is 5.32 Å². The second kappa shape index (κ2) is 8.87. The molecule has 0 aliphatic rings. The van der Waals surface area contributed by atoms with Gasteiger partial charge >= 0.3 is 0 Å². The highest BCUT2D eigenvalue weighted by atomic mass is 19.1. The van der Waals surface area contributed by atoms with E-state index in [0.717, 1.165) is 18.1 Å². The number of aliphatic hydroxyl groups is 1. The molecular weight excluding hydrogens is 310 g/mol. The molecule has 0 radical (unpaired) electrons. The molecule has 0 aliphatic carbocycles. The minimum Gasteiger partial charge on any atom is -0.386 e. The lowest BCUT2D eigenvalue weighted by atomic mass is 10.0. The molecule has 24 heavy (non-hydrogen) atoms. The summed E-state index contributed by atoms with van der Waals surface area (Å²) >= 11 is 0. The lowest BCUT2D eigenvalue weighted by molar-refractivity contribution is -0.436. The largest absolute Gasteiger partial charge is 0.386 e. The minimum atomic E-state index is -0.689. The fourth-order valence-electron chi connectivity index (χ4n) is 2.66. The Kier molecular flexibility index (Phi) is 6.85. The van der Waals surface area contributed by atoms with Gasteiger partial charge in [-0.3, -0.25) is 0 Å². The number of aryl methyl sites for hydroxylation is 1. The van der Waals surface area contributed by atoms with Crippen molar-refractivity contribution < 1.29 is 19.6 Å². The molecule has 0 heterocycles. The molecule has 2 rings (SSSR count). The minimum absolute atomic E-state index is 0.322. The van der Waals surface area contributed by atoms with Gasteiger partial charge in [-0.1, -0.05) is 31.2 Å². The zero-order valence-electron chi connectivity index (χ0n) is 13.9. The maximum Gasteiger partial charge on any atom is 0.126 e. The number of hydrogen-bond acceptors (Lipinski definition) is 2. The van der Waals surface area contributed by atoms with Crippen LogP contribution in [-0.4, -0.2) is 23.8 Å². The second-order valence-corrected chi connectivity index (χ2v) is 6.11. The predicted molar refractivity (Wildman–Crippen MR) is 90.3 cm³/mol. The van der Waals surface area contributed by atoms with Crippen LogP contribution >= 0.6 is 0 Å². The van der Waals surface area contributed by atoms with Crippen LogP contribution in [0, 0.1) is 11.6 Å². The molecule has 3 nitrogen and oxygen atoms in total. The highest BCUT2D eigenvalue weighted by molar-refractivity contribution is 5.23. The fraction of sp³-hybridized carbons (Fsp3) is 0.368. The molecule has 130 valence electrons. The van der Waals surface area contributed by atoms with Gasteiger partial charge in [0.2, 0.25) is 0 Å². The number of nitrogens with one attached hydrogen (secondary N) is 1. The van der Waals surface area contributed by atoms with Crippen LogP contribution < -0.4 is 11.1 Å². The van der Waals surface area contributed by atoms with Crippen molar-refractivity contribution in [3.05, 3.63) is 70.8 Å². The van der Waals surface area contributed by atoms with Crippen LogP contribution in [0.15, 0.2) is 42.5 Å². The van der Waals surface area contributed by atoms with Gasteiger partial charge in [-0.15, -0.1) is 0 Å². The molecule has 0 fully saturated rings. The molecule has 0 spiro atoms. The highest BCUT2D eigenvalue weighted by Crippen LogP contribution is 2.10. The highest BCUT2D eigenvalue weighted by Gasteiger charge is 2.19. The summed E-state index contributed by atoms with van der Waals surface area (Å²) in [5, 5.41) is 13.4. The van der Waals surface area contributed by atoms with Crippen molar-refractivity contribution in [2.45, 2.75) is 38.5 Å². The first-order valence-corrected chi connectivity index (χ1v) is 8.22. The van der Waals surface area contributed by atoms with Crippen LogP contribution in [0.25, 0.3) is 0 Å². The summed E-state index contributed by atoms with van der Waals surface area (Å²) in [5.41, 5.74) is 6.85. The van der Waals surface area contributed by atoms with Crippen molar-refractivity contribution in [3.63, 3.8) is 0 Å². The van der Waals surface area contributed by atoms with Gasteiger partial charge in [0, 0.05) is 25.6 Å². The fourth-order valence-corrected chi connectivity index (χ4v) is 2.66. The first-order chi connectivity index (χ1) is 11.5. The van der Waals surface area contributed by atoms with Gasteiger partial charge in [-0.25, -0.2) is 8.78 Å². The van der Waals surface area contributed by atoms with Crippen LogP contribution in [0.1, 0.15) is 23.6 Å². The molecule has 0 aromatic heterocycles. The van der Waals surface area contributed by atoms with E-state index in [0.29, 0.717) is 25.1 Å². The summed E-state index contributed by atoms with van der Waals surface area (Å²) in [6.07, 6.45) is 0.621. The van der Waals surface area contributed by atoms with Gasteiger partial charge in [0.15, 0.2) is 0 Å². The van der Waals surface area contributed by atoms with Gasteiger partial charge in [-0.2, -0.15) is 0 Å². The van der Waals surface area contributed by atoms with Crippen LogP contribution in [0.3, 0.4) is 0 Å². The van der Waals surface area contributed by atoms with Gasteiger partial charge in [0.25, 0.3) is 0 Å². The average Bonchev–Trinajstić information content (AvgIpc) is 2.54. The van der Waals surface area contributed by atoms with Crippen LogP contribution in [0.5, 0.6) is 0 Å². The van der Waals surface area contributed by atoms with E-state index in [4.69, 9.17) is 0 Å².